The van der Waals surface area contributed by atoms with Crippen LogP contribution in [-0.2, 0) is 12.7 Å². The average Bonchev–Trinajstić information content (AvgIpc) is 2.38. The monoisotopic (exact) mass is 300 g/mol. The topological polar surface area (TPSA) is 38.0 Å². The van der Waals surface area contributed by atoms with E-state index in [1.807, 2.05) is 12.1 Å². The van der Waals surface area contributed by atoms with Gasteiger partial charge < -0.3 is 11.1 Å². The number of anilines is 2. The molecule has 0 saturated heterocycles. The molecule has 0 aromatic heterocycles. The van der Waals surface area contributed by atoms with Crippen LogP contribution in [0.3, 0.4) is 0 Å². The minimum Gasteiger partial charge on any atom is -0.397 e. The van der Waals surface area contributed by atoms with Gasteiger partial charge in [-0.15, -0.1) is 0 Å². The molecule has 2 nitrogen and oxygen atoms in total. The van der Waals surface area contributed by atoms with E-state index in [4.69, 9.17) is 17.3 Å². The lowest BCUT2D eigenvalue weighted by Crippen LogP contribution is -2.08. The number of nitrogens with one attached hydrogen (secondary N) is 1. The summed E-state index contributed by atoms with van der Waals surface area (Å²) >= 11 is 6.00. The Hall–Kier alpha value is -1.88. The highest BCUT2D eigenvalue weighted by Gasteiger charge is 2.30. The Labute approximate surface area is 119 Å². The van der Waals surface area contributed by atoms with Gasteiger partial charge in [0.05, 0.1) is 16.9 Å². The second-order valence-electron chi connectivity index (χ2n) is 4.24. The highest BCUT2D eigenvalue weighted by Crippen LogP contribution is 2.33. The molecule has 2 aromatic carbocycles. The molecule has 2 aromatic rings. The van der Waals surface area contributed by atoms with Crippen molar-refractivity contribution < 1.29 is 13.2 Å². The maximum atomic E-state index is 12.5. The Morgan fingerprint density at radius 2 is 1.80 bits per heavy atom. The maximum Gasteiger partial charge on any atom is 0.416 e. The van der Waals surface area contributed by atoms with Gasteiger partial charge in [0.2, 0.25) is 0 Å². The summed E-state index contributed by atoms with van der Waals surface area (Å²) in [4.78, 5) is 0. The summed E-state index contributed by atoms with van der Waals surface area (Å²) in [6, 6.07) is 10.4. The summed E-state index contributed by atoms with van der Waals surface area (Å²) in [6.45, 7) is 0.384. The van der Waals surface area contributed by atoms with E-state index in [0.29, 0.717) is 17.3 Å². The lowest BCUT2D eigenvalue weighted by atomic mass is 10.1. The largest absolute Gasteiger partial charge is 0.416 e. The smallest absolute Gasteiger partial charge is 0.397 e. The first-order valence-corrected chi connectivity index (χ1v) is 6.20. The van der Waals surface area contributed by atoms with Crippen molar-refractivity contribution in [2.75, 3.05) is 11.1 Å². The normalized spacial score (nSPS) is 11.4. The van der Waals surface area contributed by atoms with Crippen molar-refractivity contribution in [1.29, 1.82) is 0 Å². The van der Waals surface area contributed by atoms with Crippen molar-refractivity contribution in [3.05, 3.63) is 58.6 Å². The van der Waals surface area contributed by atoms with Crippen LogP contribution < -0.4 is 11.1 Å². The molecule has 0 atom stereocenters. The molecule has 0 heterocycles. The highest BCUT2D eigenvalue weighted by atomic mass is 35.5. The van der Waals surface area contributed by atoms with Crippen LogP contribution in [0.4, 0.5) is 24.5 Å². The Kier molecular flexibility index (Phi) is 4.09. The lowest BCUT2D eigenvalue weighted by Gasteiger charge is -2.13. The van der Waals surface area contributed by atoms with Gasteiger partial charge >= 0.3 is 6.18 Å². The van der Waals surface area contributed by atoms with Crippen molar-refractivity contribution >= 4 is 23.0 Å². The number of nitrogens with two attached hydrogens (primary N) is 1. The second-order valence-corrected chi connectivity index (χ2v) is 4.65. The third kappa shape index (κ3) is 3.36. The van der Waals surface area contributed by atoms with E-state index in [9.17, 15) is 13.2 Å². The van der Waals surface area contributed by atoms with Gasteiger partial charge in [-0.25, -0.2) is 0 Å². The SMILES string of the molecule is Nc1cc(C(F)(F)F)ccc1NCc1ccccc1Cl. The van der Waals surface area contributed by atoms with Gasteiger partial charge in [0, 0.05) is 11.6 Å². The summed E-state index contributed by atoms with van der Waals surface area (Å²) in [5.74, 6) is 0. The standard InChI is InChI=1S/C14H12ClF3N2/c15-11-4-2-1-3-9(11)8-20-13-6-5-10(7-12(13)19)14(16,17)18/h1-7,20H,8,19H2. The quantitative estimate of drug-likeness (QED) is 0.816. The fraction of sp³-hybridized carbons (Fsp3) is 0.143. The summed E-state index contributed by atoms with van der Waals surface area (Å²) < 4.78 is 37.5. The van der Waals surface area contributed by atoms with Gasteiger partial charge in [0.25, 0.3) is 0 Å². The van der Waals surface area contributed by atoms with Crippen LogP contribution in [0.5, 0.6) is 0 Å². The molecular weight excluding hydrogens is 289 g/mol. The van der Waals surface area contributed by atoms with Gasteiger partial charge in [-0.2, -0.15) is 13.2 Å². The van der Waals surface area contributed by atoms with Crippen LogP contribution >= 0.6 is 11.6 Å². The summed E-state index contributed by atoms with van der Waals surface area (Å²) in [7, 11) is 0. The molecule has 6 heteroatoms. The third-order valence-electron chi connectivity index (χ3n) is 2.81. The first-order valence-electron chi connectivity index (χ1n) is 5.82. The lowest BCUT2D eigenvalue weighted by molar-refractivity contribution is -0.137. The Bertz CT molecular complexity index is 612. The van der Waals surface area contributed by atoms with Gasteiger partial charge in [-0.1, -0.05) is 29.8 Å². The van der Waals surface area contributed by atoms with Crippen molar-refractivity contribution in [3.63, 3.8) is 0 Å². The summed E-state index contributed by atoms with van der Waals surface area (Å²) in [5, 5.41) is 3.56. The first-order chi connectivity index (χ1) is 9.38. The number of benzene rings is 2. The fourth-order valence-corrected chi connectivity index (χ4v) is 1.93. The van der Waals surface area contributed by atoms with E-state index in [1.165, 1.54) is 6.07 Å². The van der Waals surface area contributed by atoms with E-state index in [1.54, 1.807) is 12.1 Å². The number of rotatable bonds is 3. The molecule has 0 aliphatic heterocycles. The molecule has 0 amide bonds. The third-order valence-corrected chi connectivity index (χ3v) is 3.17. The molecule has 2 rings (SSSR count). The van der Waals surface area contributed by atoms with Crippen LogP contribution in [-0.4, -0.2) is 0 Å². The number of hydrogen-bond acceptors (Lipinski definition) is 2. The highest BCUT2D eigenvalue weighted by molar-refractivity contribution is 6.31. The van der Waals surface area contributed by atoms with Crippen molar-refractivity contribution in [2.45, 2.75) is 12.7 Å². The zero-order valence-electron chi connectivity index (χ0n) is 10.3. The van der Waals surface area contributed by atoms with E-state index in [-0.39, 0.29) is 5.69 Å². The average molecular weight is 301 g/mol. The van der Waals surface area contributed by atoms with Crippen LogP contribution in [0, 0.1) is 0 Å². The predicted octanol–water partition coefficient (Wildman–Crippen LogP) is 4.55. The van der Waals surface area contributed by atoms with E-state index < -0.39 is 11.7 Å². The number of hydrogen-bond donors (Lipinski definition) is 2. The van der Waals surface area contributed by atoms with Crippen molar-refractivity contribution in [2.24, 2.45) is 0 Å². The fourth-order valence-electron chi connectivity index (χ4n) is 1.73. The molecule has 0 aliphatic carbocycles. The number of nitrogen functional groups attached to an aromatic ring is 1. The Morgan fingerprint density at radius 1 is 1.10 bits per heavy atom. The second kappa shape index (κ2) is 5.63. The zero-order valence-corrected chi connectivity index (χ0v) is 11.1. The van der Waals surface area contributed by atoms with E-state index in [2.05, 4.69) is 5.32 Å². The molecule has 0 spiro atoms. The molecule has 106 valence electrons. The molecular formula is C14H12ClF3N2. The molecule has 0 unspecified atom stereocenters. The van der Waals surface area contributed by atoms with Crippen LogP contribution in [0.2, 0.25) is 5.02 Å². The molecule has 0 radical (unpaired) electrons. The maximum absolute atomic E-state index is 12.5. The summed E-state index contributed by atoms with van der Waals surface area (Å²) in [5.41, 5.74) is 6.19. The van der Waals surface area contributed by atoms with Crippen LogP contribution in [0.25, 0.3) is 0 Å². The minimum atomic E-state index is -4.39. The van der Waals surface area contributed by atoms with Crippen molar-refractivity contribution in [3.8, 4) is 0 Å². The van der Waals surface area contributed by atoms with E-state index >= 15 is 0 Å². The molecule has 3 N–H and O–H groups in total. The van der Waals surface area contributed by atoms with Crippen LogP contribution in [0.15, 0.2) is 42.5 Å². The number of halogens is 4. The summed E-state index contributed by atoms with van der Waals surface area (Å²) in [6.07, 6.45) is -4.39. The van der Waals surface area contributed by atoms with Gasteiger partial charge in [-0.05, 0) is 29.8 Å². The molecule has 0 saturated carbocycles. The first kappa shape index (κ1) is 14.5. The molecule has 0 aliphatic rings. The zero-order chi connectivity index (χ0) is 14.8. The van der Waals surface area contributed by atoms with Gasteiger partial charge in [-0.3, -0.25) is 0 Å². The Balaban J connectivity index is 2.13. The Morgan fingerprint density at radius 3 is 2.40 bits per heavy atom. The molecule has 0 fully saturated rings. The van der Waals surface area contributed by atoms with Gasteiger partial charge in [0.1, 0.15) is 0 Å². The van der Waals surface area contributed by atoms with E-state index in [0.717, 1.165) is 17.7 Å². The minimum absolute atomic E-state index is 0.0480. The number of alkyl halides is 3. The van der Waals surface area contributed by atoms with Crippen LogP contribution in [0.1, 0.15) is 11.1 Å². The van der Waals surface area contributed by atoms with Crippen molar-refractivity contribution in [1.82, 2.24) is 0 Å². The molecule has 0 bridgehead atoms. The predicted molar refractivity (Wildman–Crippen MR) is 74.6 cm³/mol. The molecule has 20 heavy (non-hydrogen) atoms. The van der Waals surface area contributed by atoms with Gasteiger partial charge in [0.15, 0.2) is 0 Å².